The van der Waals surface area contributed by atoms with Crippen molar-refractivity contribution in [3.8, 4) is 0 Å². The van der Waals surface area contributed by atoms with Crippen LogP contribution in [0.2, 0.25) is 0 Å². The van der Waals surface area contributed by atoms with Crippen molar-refractivity contribution in [2.24, 2.45) is 11.8 Å². The molecular weight excluding hydrogens is 463 g/mol. The second-order valence-electron chi connectivity index (χ2n) is 9.12. The molecule has 4 nitrogen and oxygen atoms in total. The van der Waals surface area contributed by atoms with E-state index in [1.54, 1.807) is 7.11 Å². The molecule has 3 fully saturated rings. The molecule has 0 N–H and O–H groups in total. The van der Waals surface area contributed by atoms with Gasteiger partial charge in [-0.05, 0) is 76.2 Å². The van der Waals surface area contributed by atoms with Crippen LogP contribution in [0.25, 0.3) is 0 Å². The largest absolute Gasteiger partial charge is 0.494 e. The number of carbonyl (C=O) groups is 1. The van der Waals surface area contributed by atoms with Crippen LogP contribution in [0.3, 0.4) is 0 Å². The summed E-state index contributed by atoms with van der Waals surface area (Å²) in [6.45, 7) is 0.712. The van der Waals surface area contributed by atoms with E-state index < -0.39 is 11.8 Å². The molecule has 3 rings (SSSR count). The molecule has 0 aromatic rings. The number of ketones is 1. The van der Waals surface area contributed by atoms with Crippen LogP contribution >= 0.6 is 33.2 Å². The average Bonchev–Trinajstić information content (AvgIpc) is 2.72. The minimum atomic E-state index is -3.22. The first kappa shape index (κ1) is 25.0. The molecular formula is C22H35Cl3O4Si. The molecule has 1 saturated heterocycles. The predicted molar refractivity (Wildman–Crippen MR) is 124 cm³/mol. The lowest BCUT2D eigenvalue weighted by atomic mass is 9.73. The number of hydrogen-bond acceptors (Lipinski definition) is 4. The molecule has 1 aliphatic heterocycles. The second-order valence-corrected chi connectivity index (χ2v) is 16.8. The van der Waals surface area contributed by atoms with Gasteiger partial charge in [-0.2, -0.15) is 0 Å². The molecule has 2 saturated carbocycles. The Morgan fingerprint density at radius 3 is 2.33 bits per heavy atom. The van der Waals surface area contributed by atoms with Gasteiger partial charge in [-0.25, -0.2) is 0 Å². The molecule has 3 aliphatic rings. The van der Waals surface area contributed by atoms with Crippen LogP contribution in [0, 0.1) is 11.8 Å². The summed E-state index contributed by atoms with van der Waals surface area (Å²) in [6.07, 6.45) is 12.5. The number of methoxy groups -OCH3 is 1. The summed E-state index contributed by atoms with van der Waals surface area (Å²) in [6, 6.07) is 0. The molecule has 2 aliphatic carbocycles. The quantitative estimate of drug-likeness (QED) is 0.243. The molecule has 8 heteroatoms. The van der Waals surface area contributed by atoms with Gasteiger partial charge in [0.05, 0.1) is 17.8 Å². The molecule has 172 valence electrons. The molecule has 1 unspecified atom stereocenters. The molecule has 0 aromatic carbocycles. The maximum atomic E-state index is 12.8. The third kappa shape index (κ3) is 7.19. The smallest absolute Gasteiger partial charge is 0.381 e. The Labute approximate surface area is 196 Å². The zero-order valence-electron chi connectivity index (χ0n) is 17.9. The van der Waals surface area contributed by atoms with Crippen LogP contribution in [0.1, 0.15) is 77.0 Å². The molecule has 0 radical (unpaired) electrons. The molecule has 1 atom stereocenters. The molecule has 0 amide bonds. The van der Waals surface area contributed by atoms with E-state index >= 15 is 0 Å². The van der Waals surface area contributed by atoms with E-state index in [4.69, 9.17) is 47.1 Å². The number of ether oxygens (including phenoxy) is 2. The first-order valence-corrected chi connectivity index (χ1v) is 16.4. The van der Waals surface area contributed by atoms with Gasteiger partial charge in [0.25, 0.3) is 0 Å². The van der Waals surface area contributed by atoms with Gasteiger partial charge in [0.2, 0.25) is 0 Å². The standard InChI is InChI=1S/C22H35Cl3O4Si/c1-27-19-9-6-17(7-10-19)8-11-20(26)18-12-14-22(15-13-18)21(29-30(23,24)25)5-3-2-4-16-28-22/h8,11,17-19,21H,2-7,9-10,12-16H2,1H3. The van der Waals surface area contributed by atoms with Crippen molar-refractivity contribution >= 4 is 45.3 Å². The lowest BCUT2D eigenvalue weighted by molar-refractivity contribution is -0.151. The molecule has 30 heavy (non-hydrogen) atoms. The van der Waals surface area contributed by atoms with Gasteiger partial charge in [-0.1, -0.05) is 52.2 Å². The normalized spacial score (nSPS) is 36.5. The number of halogens is 3. The SMILES string of the molecule is COC1CCC(C=CC(=O)C2CCC3(CC2)OCCCCCC3O[Si](Cl)(Cl)Cl)CC1. The number of hydrogen-bond donors (Lipinski definition) is 0. The van der Waals surface area contributed by atoms with Crippen molar-refractivity contribution in [1.82, 2.24) is 0 Å². The lowest BCUT2D eigenvalue weighted by Crippen LogP contribution is -2.52. The van der Waals surface area contributed by atoms with Crippen LogP contribution < -0.4 is 0 Å². The van der Waals surface area contributed by atoms with E-state index in [9.17, 15) is 4.79 Å². The van der Waals surface area contributed by atoms with E-state index in [1.807, 2.05) is 6.08 Å². The Kier molecular flexibility index (Phi) is 9.58. The fourth-order valence-corrected chi connectivity index (χ4v) is 6.93. The van der Waals surface area contributed by atoms with E-state index in [0.717, 1.165) is 77.0 Å². The van der Waals surface area contributed by atoms with E-state index in [0.29, 0.717) is 18.6 Å². The van der Waals surface area contributed by atoms with Gasteiger partial charge in [0.15, 0.2) is 5.78 Å². The highest BCUT2D eigenvalue weighted by molar-refractivity contribution is 7.62. The van der Waals surface area contributed by atoms with Gasteiger partial charge < -0.3 is 13.9 Å². The maximum absolute atomic E-state index is 12.8. The Morgan fingerprint density at radius 1 is 1.00 bits per heavy atom. The van der Waals surface area contributed by atoms with Gasteiger partial charge >= 0.3 is 6.25 Å². The first-order chi connectivity index (χ1) is 14.3. The lowest BCUT2D eigenvalue weighted by Gasteiger charge is -2.46. The van der Waals surface area contributed by atoms with Crippen LogP contribution in [0.5, 0.6) is 0 Å². The minimum Gasteiger partial charge on any atom is -0.381 e. The average molecular weight is 498 g/mol. The predicted octanol–water partition coefficient (Wildman–Crippen LogP) is 6.37. The zero-order chi connectivity index (χ0) is 21.6. The summed E-state index contributed by atoms with van der Waals surface area (Å²) in [5, 5.41) is 0. The molecule has 0 aromatic heterocycles. The van der Waals surface area contributed by atoms with Gasteiger partial charge in [0.1, 0.15) is 0 Å². The Hall–Kier alpha value is 0.377. The van der Waals surface area contributed by atoms with E-state index in [1.165, 1.54) is 0 Å². The van der Waals surface area contributed by atoms with Crippen molar-refractivity contribution in [2.45, 2.75) is 94.9 Å². The van der Waals surface area contributed by atoms with Crippen molar-refractivity contribution in [2.75, 3.05) is 13.7 Å². The fraction of sp³-hybridized carbons (Fsp3) is 0.864. The third-order valence-electron chi connectivity index (χ3n) is 7.18. The van der Waals surface area contributed by atoms with Crippen LogP contribution in [0.15, 0.2) is 12.2 Å². The zero-order valence-corrected chi connectivity index (χ0v) is 21.2. The van der Waals surface area contributed by atoms with Crippen molar-refractivity contribution < 1.29 is 18.7 Å². The number of rotatable bonds is 6. The van der Waals surface area contributed by atoms with Crippen molar-refractivity contribution in [1.29, 1.82) is 0 Å². The minimum absolute atomic E-state index is 0.0573. The molecule has 1 heterocycles. The Bertz CT molecular complexity index is 579. The summed E-state index contributed by atoms with van der Waals surface area (Å²) in [4.78, 5) is 12.8. The fourth-order valence-electron chi connectivity index (χ4n) is 5.31. The Balaban J connectivity index is 1.55. The van der Waals surface area contributed by atoms with Crippen LogP contribution in [-0.2, 0) is 18.7 Å². The van der Waals surface area contributed by atoms with Gasteiger partial charge in [0, 0.05) is 19.6 Å². The van der Waals surface area contributed by atoms with Crippen LogP contribution in [0.4, 0.5) is 0 Å². The summed E-state index contributed by atoms with van der Waals surface area (Å²) in [7, 11) is 1.78. The van der Waals surface area contributed by atoms with Crippen molar-refractivity contribution in [3.05, 3.63) is 12.2 Å². The van der Waals surface area contributed by atoms with E-state index in [2.05, 4.69) is 6.08 Å². The summed E-state index contributed by atoms with van der Waals surface area (Å²) in [5.74, 6) is 0.802. The van der Waals surface area contributed by atoms with Crippen molar-refractivity contribution in [3.63, 3.8) is 0 Å². The summed E-state index contributed by atoms with van der Waals surface area (Å²) >= 11 is 18.3. The van der Waals surface area contributed by atoms with Gasteiger partial charge in [-0.15, -0.1) is 0 Å². The van der Waals surface area contributed by atoms with Crippen LogP contribution in [-0.4, -0.2) is 43.6 Å². The topological polar surface area (TPSA) is 44.8 Å². The third-order valence-corrected chi connectivity index (χ3v) is 8.54. The highest BCUT2D eigenvalue weighted by atomic mass is 35.8. The maximum Gasteiger partial charge on any atom is 0.494 e. The monoisotopic (exact) mass is 496 g/mol. The highest BCUT2D eigenvalue weighted by Crippen LogP contribution is 2.43. The summed E-state index contributed by atoms with van der Waals surface area (Å²) in [5.41, 5.74) is -0.420. The highest BCUT2D eigenvalue weighted by Gasteiger charge is 2.48. The molecule has 1 spiro atoms. The molecule has 0 bridgehead atoms. The second kappa shape index (κ2) is 11.5. The number of allylic oxidation sites excluding steroid dienone is 2. The van der Waals surface area contributed by atoms with E-state index in [-0.39, 0.29) is 17.8 Å². The number of carbonyl (C=O) groups excluding carboxylic acids is 1. The first-order valence-electron chi connectivity index (χ1n) is 11.4. The van der Waals surface area contributed by atoms with Gasteiger partial charge in [-0.3, -0.25) is 4.79 Å². The Morgan fingerprint density at radius 2 is 1.70 bits per heavy atom. The summed E-state index contributed by atoms with van der Waals surface area (Å²) < 4.78 is 17.7.